The van der Waals surface area contributed by atoms with Gasteiger partial charge in [0.2, 0.25) is 0 Å². The van der Waals surface area contributed by atoms with Gasteiger partial charge in [-0.3, -0.25) is 9.69 Å². The lowest BCUT2D eigenvalue weighted by Gasteiger charge is -2.19. The molecule has 0 bridgehead atoms. The molecule has 0 aromatic heterocycles. The number of ether oxygens (including phenoxy) is 3. The van der Waals surface area contributed by atoms with Crippen molar-refractivity contribution in [3.8, 4) is 0 Å². The van der Waals surface area contributed by atoms with Gasteiger partial charge < -0.3 is 19.3 Å². The molecule has 0 unspecified atom stereocenters. The van der Waals surface area contributed by atoms with E-state index < -0.39 is 5.97 Å². The van der Waals surface area contributed by atoms with Gasteiger partial charge in [-0.05, 0) is 6.42 Å². The zero-order valence-corrected chi connectivity index (χ0v) is 10.7. The molecule has 0 saturated heterocycles. The monoisotopic (exact) mass is 249 g/mol. The maximum Gasteiger partial charge on any atom is 0.317 e. The van der Waals surface area contributed by atoms with Crippen LogP contribution in [0.4, 0.5) is 0 Å². The number of carbonyl (C=O) groups is 1. The molecule has 0 aliphatic carbocycles. The topological polar surface area (TPSA) is 68.2 Å². The highest BCUT2D eigenvalue weighted by Crippen LogP contribution is 1.91. The summed E-state index contributed by atoms with van der Waals surface area (Å²) in [6, 6.07) is 0. The van der Waals surface area contributed by atoms with E-state index in [0.29, 0.717) is 39.5 Å². The van der Waals surface area contributed by atoms with Crippen LogP contribution in [0.3, 0.4) is 0 Å². The fourth-order valence-corrected chi connectivity index (χ4v) is 1.28. The van der Waals surface area contributed by atoms with Gasteiger partial charge in [0.1, 0.15) is 0 Å². The van der Waals surface area contributed by atoms with Crippen LogP contribution in [0.1, 0.15) is 6.42 Å². The van der Waals surface area contributed by atoms with Crippen LogP contribution in [-0.4, -0.2) is 76.3 Å². The highest BCUT2D eigenvalue weighted by atomic mass is 16.5. The van der Waals surface area contributed by atoms with Gasteiger partial charge in [-0.1, -0.05) is 0 Å². The number of hydrogen-bond donors (Lipinski definition) is 1. The molecule has 0 heterocycles. The minimum absolute atomic E-state index is 0.0186. The van der Waals surface area contributed by atoms with Crippen LogP contribution in [0, 0.1) is 0 Å². The summed E-state index contributed by atoms with van der Waals surface area (Å²) in [4.78, 5) is 12.4. The van der Waals surface area contributed by atoms with E-state index in [0.717, 1.165) is 6.42 Å². The Hall–Kier alpha value is -0.690. The second kappa shape index (κ2) is 11.8. The average molecular weight is 249 g/mol. The van der Waals surface area contributed by atoms with E-state index in [1.165, 1.54) is 0 Å². The van der Waals surface area contributed by atoms with Gasteiger partial charge in [-0.15, -0.1) is 0 Å². The Morgan fingerprint density at radius 2 is 1.71 bits per heavy atom. The van der Waals surface area contributed by atoms with Crippen molar-refractivity contribution in [2.45, 2.75) is 6.42 Å². The molecule has 0 aliphatic heterocycles. The normalized spacial score (nSPS) is 11.0. The van der Waals surface area contributed by atoms with E-state index >= 15 is 0 Å². The third-order valence-corrected chi connectivity index (χ3v) is 2.16. The number of rotatable bonds is 12. The SMILES string of the molecule is COCCCOCCN(CCOC)CC(=O)O. The van der Waals surface area contributed by atoms with Crippen molar-refractivity contribution in [2.75, 3.05) is 60.3 Å². The van der Waals surface area contributed by atoms with Crippen LogP contribution in [-0.2, 0) is 19.0 Å². The van der Waals surface area contributed by atoms with Crippen LogP contribution in [0.25, 0.3) is 0 Å². The molecular weight excluding hydrogens is 226 g/mol. The van der Waals surface area contributed by atoms with Crippen LogP contribution < -0.4 is 0 Å². The van der Waals surface area contributed by atoms with E-state index in [9.17, 15) is 4.79 Å². The van der Waals surface area contributed by atoms with Crippen molar-refractivity contribution in [3.05, 3.63) is 0 Å². The summed E-state index contributed by atoms with van der Waals surface area (Å²) >= 11 is 0. The zero-order valence-electron chi connectivity index (χ0n) is 10.7. The molecule has 17 heavy (non-hydrogen) atoms. The quantitative estimate of drug-likeness (QED) is 0.494. The third kappa shape index (κ3) is 11.6. The van der Waals surface area contributed by atoms with Crippen LogP contribution >= 0.6 is 0 Å². The maximum absolute atomic E-state index is 10.6. The molecule has 0 amide bonds. The highest BCUT2D eigenvalue weighted by Gasteiger charge is 2.08. The van der Waals surface area contributed by atoms with Crippen LogP contribution in [0.5, 0.6) is 0 Å². The van der Waals surface area contributed by atoms with Gasteiger partial charge >= 0.3 is 5.97 Å². The van der Waals surface area contributed by atoms with E-state index in [2.05, 4.69) is 0 Å². The molecule has 0 fully saturated rings. The third-order valence-electron chi connectivity index (χ3n) is 2.16. The second-order valence-corrected chi connectivity index (χ2v) is 3.62. The average Bonchev–Trinajstić information content (AvgIpc) is 2.29. The molecule has 0 aromatic carbocycles. The number of aliphatic carboxylic acids is 1. The minimum Gasteiger partial charge on any atom is -0.480 e. The standard InChI is InChI=1S/C11H23NO5/c1-15-6-3-7-17-9-5-12(4-8-16-2)10-11(13)14/h3-10H2,1-2H3,(H,13,14). The van der Waals surface area contributed by atoms with Gasteiger partial charge in [0, 0.05) is 40.5 Å². The summed E-state index contributed by atoms with van der Waals surface area (Å²) in [5.74, 6) is -0.833. The molecule has 1 N–H and O–H groups in total. The van der Waals surface area contributed by atoms with E-state index in [1.807, 2.05) is 0 Å². The molecule has 0 radical (unpaired) electrons. The van der Waals surface area contributed by atoms with Gasteiger partial charge in [0.15, 0.2) is 0 Å². The predicted octanol–water partition coefficient (Wildman–Crippen LogP) is 0.0725. The van der Waals surface area contributed by atoms with Crippen LogP contribution in [0.15, 0.2) is 0 Å². The van der Waals surface area contributed by atoms with Crippen molar-refractivity contribution in [1.29, 1.82) is 0 Å². The first-order valence-corrected chi connectivity index (χ1v) is 5.70. The summed E-state index contributed by atoms with van der Waals surface area (Å²) in [6.07, 6.45) is 0.855. The first kappa shape index (κ1) is 16.3. The van der Waals surface area contributed by atoms with Crippen molar-refractivity contribution in [3.63, 3.8) is 0 Å². The molecule has 0 atom stereocenters. The smallest absolute Gasteiger partial charge is 0.317 e. The first-order valence-electron chi connectivity index (χ1n) is 5.70. The van der Waals surface area contributed by atoms with Crippen molar-refractivity contribution in [1.82, 2.24) is 4.90 Å². The van der Waals surface area contributed by atoms with Gasteiger partial charge in [0.25, 0.3) is 0 Å². The molecule has 0 aliphatic rings. The summed E-state index contributed by atoms with van der Waals surface area (Å²) < 4.78 is 15.2. The number of hydrogen-bond acceptors (Lipinski definition) is 5. The highest BCUT2D eigenvalue weighted by molar-refractivity contribution is 5.69. The maximum atomic E-state index is 10.6. The van der Waals surface area contributed by atoms with E-state index in [4.69, 9.17) is 19.3 Å². The summed E-state index contributed by atoms with van der Waals surface area (Å²) in [5, 5.41) is 8.72. The Morgan fingerprint density at radius 1 is 1.06 bits per heavy atom. The Labute approximate surface area is 102 Å². The Kier molecular flexibility index (Phi) is 11.3. The summed E-state index contributed by atoms with van der Waals surface area (Å²) in [7, 11) is 3.25. The predicted molar refractivity (Wildman–Crippen MR) is 63.3 cm³/mol. The zero-order chi connectivity index (χ0) is 12.9. The number of carboxylic acid groups (broad SMARTS) is 1. The fourth-order valence-electron chi connectivity index (χ4n) is 1.28. The summed E-state index contributed by atoms with van der Waals surface area (Å²) in [5.41, 5.74) is 0. The Bertz CT molecular complexity index is 189. The van der Waals surface area contributed by atoms with Crippen molar-refractivity contribution >= 4 is 5.97 Å². The van der Waals surface area contributed by atoms with Gasteiger partial charge in [-0.25, -0.2) is 0 Å². The lowest BCUT2D eigenvalue weighted by atomic mass is 10.4. The number of carboxylic acids is 1. The second-order valence-electron chi connectivity index (χ2n) is 3.62. The molecule has 0 saturated carbocycles. The molecule has 6 nitrogen and oxygen atoms in total. The minimum atomic E-state index is -0.833. The number of methoxy groups -OCH3 is 2. The van der Waals surface area contributed by atoms with Crippen LogP contribution in [0.2, 0.25) is 0 Å². The number of nitrogens with zero attached hydrogens (tertiary/aromatic N) is 1. The summed E-state index contributed by atoms with van der Waals surface area (Å²) in [6.45, 7) is 3.59. The Morgan fingerprint density at radius 3 is 2.29 bits per heavy atom. The molecule has 6 heteroatoms. The van der Waals surface area contributed by atoms with E-state index in [-0.39, 0.29) is 6.54 Å². The van der Waals surface area contributed by atoms with Gasteiger partial charge in [-0.2, -0.15) is 0 Å². The largest absolute Gasteiger partial charge is 0.480 e. The van der Waals surface area contributed by atoms with Crippen molar-refractivity contribution < 1.29 is 24.1 Å². The lowest BCUT2D eigenvalue weighted by molar-refractivity contribution is -0.138. The van der Waals surface area contributed by atoms with E-state index in [1.54, 1.807) is 19.1 Å². The Balaban J connectivity index is 3.56. The van der Waals surface area contributed by atoms with Gasteiger partial charge in [0.05, 0.1) is 19.8 Å². The van der Waals surface area contributed by atoms with Crippen molar-refractivity contribution in [2.24, 2.45) is 0 Å². The lowest BCUT2D eigenvalue weighted by Crippen LogP contribution is -2.35. The molecule has 0 spiro atoms. The molecule has 102 valence electrons. The molecular formula is C11H23NO5. The first-order chi connectivity index (χ1) is 8.20. The molecule has 0 rings (SSSR count). The fraction of sp³-hybridized carbons (Fsp3) is 0.909. The molecule has 0 aromatic rings.